The Kier molecular flexibility index (Phi) is 5.16. The van der Waals surface area contributed by atoms with E-state index >= 15 is 0 Å². The fourth-order valence-electron chi connectivity index (χ4n) is 1.97. The van der Waals surface area contributed by atoms with Crippen LogP contribution in [0.1, 0.15) is 42.1 Å². The van der Waals surface area contributed by atoms with Gasteiger partial charge in [0.25, 0.3) is 0 Å². The number of ether oxygens (including phenoxy) is 2. The number of ketones is 1. The van der Waals surface area contributed by atoms with Crippen LogP contribution in [0.15, 0.2) is 12.1 Å². The summed E-state index contributed by atoms with van der Waals surface area (Å²) in [5.41, 5.74) is 7.02. The maximum Gasteiger partial charge on any atom is 0.171 e. The second kappa shape index (κ2) is 6.40. The van der Waals surface area contributed by atoms with Crippen LogP contribution in [-0.4, -0.2) is 26.5 Å². The van der Waals surface area contributed by atoms with Gasteiger partial charge >= 0.3 is 0 Å². The van der Waals surface area contributed by atoms with Crippen molar-refractivity contribution in [3.8, 4) is 11.5 Å². The van der Waals surface area contributed by atoms with Gasteiger partial charge in [0.2, 0.25) is 0 Å². The second-order valence-corrected chi connectivity index (χ2v) is 4.38. The smallest absolute Gasteiger partial charge is 0.171 e. The van der Waals surface area contributed by atoms with Crippen molar-refractivity contribution in [2.45, 2.75) is 26.2 Å². The molecule has 0 amide bonds. The first-order valence-electron chi connectivity index (χ1n) is 6.04. The van der Waals surface area contributed by atoms with E-state index in [0.29, 0.717) is 30.0 Å². The zero-order valence-corrected chi connectivity index (χ0v) is 11.4. The van der Waals surface area contributed by atoms with Gasteiger partial charge in [-0.25, -0.2) is 0 Å². The molecular formula is C14H21NO3. The van der Waals surface area contributed by atoms with E-state index in [-0.39, 0.29) is 11.7 Å². The summed E-state index contributed by atoms with van der Waals surface area (Å²) in [6, 6.07) is 3.74. The molecule has 0 saturated heterocycles. The molecule has 0 radical (unpaired) electrons. The molecule has 4 nitrogen and oxygen atoms in total. The van der Waals surface area contributed by atoms with Crippen molar-refractivity contribution in [1.82, 2.24) is 0 Å². The molecule has 18 heavy (non-hydrogen) atoms. The van der Waals surface area contributed by atoms with E-state index in [0.717, 1.165) is 5.56 Å². The molecule has 100 valence electrons. The molecule has 0 atom stereocenters. The molecule has 0 unspecified atom stereocenters. The summed E-state index contributed by atoms with van der Waals surface area (Å²) in [6.07, 6.45) is 0.309. The summed E-state index contributed by atoms with van der Waals surface area (Å²) in [5.74, 6) is 1.31. The van der Waals surface area contributed by atoms with Gasteiger partial charge in [-0.05, 0) is 24.1 Å². The third-order valence-electron chi connectivity index (χ3n) is 2.85. The van der Waals surface area contributed by atoms with Crippen molar-refractivity contribution in [2.24, 2.45) is 5.73 Å². The summed E-state index contributed by atoms with van der Waals surface area (Å²) < 4.78 is 10.6. The number of rotatable bonds is 6. The highest BCUT2D eigenvalue weighted by molar-refractivity contribution is 6.01. The first-order chi connectivity index (χ1) is 8.56. The van der Waals surface area contributed by atoms with E-state index in [1.54, 1.807) is 14.2 Å². The number of carbonyl (C=O) groups excluding carboxylic acids is 1. The molecule has 0 bridgehead atoms. The third-order valence-corrected chi connectivity index (χ3v) is 2.85. The monoisotopic (exact) mass is 251 g/mol. The van der Waals surface area contributed by atoms with Gasteiger partial charge in [0.15, 0.2) is 17.3 Å². The van der Waals surface area contributed by atoms with Gasteiger partial charge in [-0.3, -0.25) is 4.79 Å². The van der Waals surface area contributed by atoms with Crippen molar-refractivity contribution >= 4 is 5.78 Å². The lowest BCUT2D eigenvalue weighted by atomic mass is 9.92. The summed E-state index contributed by atoms with van der Waals surface area (Å²) in [4.78, 5) is 12.2. The first kappa shape index (κ1) is 14.5. The van der Waals surface area contributed by atoms with Crippen LogP contribution in [0.5, 0.6) is 11.5 Å². The Morgan fingerprint density at radius 3 is 2.39 bits per heavy atom. The Labute approximate surface area is 108 Å². The van der Waals surface area contributed by atoms with Crippen LogP contribution in [0.3, 0.4) is 0 Å². The van der Waals surface area contributed by atoms with Crippen LogP contribution in [-0.2, 0) is 0 Å². The standard InChI is InChI=1S/C14H21NO3/c1-9(2)10-5-6-12(17-3)14(18-4)13(10)11(16)7-8-15/h5-6,9H,7-8,15H2,1-4H3. The number of hydrogen-bond donors (Lipinski definition) is 1. The fourth-order valence-corrected chi connectivity index (χ4v) is 1.97. The number of Topliss-reactive ketones (excluding diaryl/α,β-unsaturated/α-hetero) is 1. The lowest BCUT2D eigenvalue weighted by Gasteiger charge is -2.18. The first-order valence-corrected chi connectivity index (χ1v) is 6.04. The quantitative estimate of drug-likeness (QED) is 0.788. The maximum atomic E-state index is 12.2. The number of methoxy groups -OCH3 is 2. The third kappa shape index (κ3) is 2.82. The van der Waals surface area contributed by atoms with Gasteiger partial charge in [-0.15, -0.1) is 0 Å². The van der Waals surface area contributed by atoms with Crippen LogP contribution >= 0.6 is 0 Å². The molecule has 1 rings (SSSR count). The molecule has 0 saturated carbocycles. The number of carbonyl (C=O) groups is 1. The highest BCUT2D eigenvalue weighted by Crippen LogP contribution is 2.36. The molecule has 0 heterocycles. The molecule has 1 aromatic carbocycles. The topological polar surface area (TPSA) is 61.5 Å². The Balaban J connectivity index is 3.43. The molecule has 4 heteroatoms. The molecule has 2 N–H and O–H groups in total. The average molecular weight is 251 g/mol. The molecule has 0 aliphatic carbocycles. The highest BCUT2D eigenvalue weighted by Gasteiger charge is 2.21. The Hall–Kier alpha value is -1.55. The van der Waals surface area contributed by atoms with Gasteiger partial charge in [-0.2, -0.15) is 0 Å². The molecule has 0 spiro atoms. The van der Waals surface area contributed by atoms with Crippen molar-refractivity contribution < 1.29 is 14.3 Å². The van der Waals surface area contributed by atoms with Gasteiger partial charge in [0.05, 0.1) is 19.8 Å². The van der Waals surface area contributed by atoms with E-state index in [1.807, 2.05) is 26.0 Å². The molecule has 0 fully saturated rings. The zero-order chi connectivity index (χ0) is 13.7. The predicted molar refractivity (Wildman–Crippen MR) is 71.6 cm³/mol. The van der Waals surface area contributed by atoms with Crippen LogP contribution in [0.25, 0.3) is 0 Å². The molecule has 0 aliphatic heterocycles. The summed E-state index contributed by atoms with van der Waals surface area (Å²) in [5, 5.41) is 0. The van der Waals surface area contributed by atoms with Crippen molar-refractivity contribution in [1.29, 1.82) is 0 Å². The molecular weight excluding hydrogens is 230 g/mol. The minimum atomic E-state index is -0.00282. The summed E-state index contributed by atoms with van der Waals surface area (Å²) in [6.45, 7) is 4.41. The van der Waals surface area contributed by atoms with E-state index in [9.17, 15) is 4.79 Å². The van der Waals surface area contributed by atoms with Crippen molar-refractivity contribution in [3.63, 3.8) is 0 Å². The van der Waals surface area contributed by atoms with Gasteiger partial charge in [0, 0.05) is 6.42 Å². The number of benzene rings is 1. The van der Waals surface area contributed by atoms with E-state index in [4.69, 9.17) is 15.2 Å². The molecule has 0 aromatic heterocycles. The normalized spacial score (nSPS) is 10.6. The summed E-state index contributed by atoms with van der Waals surface area (Å²) >= 11 is 0. The molecule has 1 aromatic rings. The highest BCUT2D eigenvalue weighted by atomic mass is 16.5. The maximum absolute atomic E-state index is 12.2. The largest absolute Gasteiger partial charge is 0.493 e. The van der Waals surface area contributed by atoms with Crippen LogP contribution in [0.2, 0.25) is 0 Å². The van der Waals surface area contributed by atoms with Gasteiger partial charge in [-0.1, -0.05) is 19.9 Å². The van der Waals surface area contributed by atoms with E-state index < -0.39 is 0 Å². The predicted octanol–water partition coefficient (Wildman–Crippen LogP) is 2.36. The Morgan fingerprint density at radius 1 is 1.28 bits per heavy atom. The zero-order valence-electron chi connectivity index (χ0n) is 11.4. The number of nitrogens with two attached hydrogens (primary N) is 1. The SMILES string of the molecule is COc1ccc(C(C)C)c(C(=O)CCN)c1OC. The Bertz CT molecular complexity index is 427. The lowest BCUT2D eigenvalue weighted by Crippen LogP contribution is -2.13. The second-order valence-electron chi connectivity index (χ2n) is 4.38. The Morgan fingerprint density at radius 2 is 1.94 bits per heavy atom. The van der Waals surface area contributed by atoms with Crippen LogP contribution < -0.4 is 15.2 Å². The fraction of sp³-hybridized carbons (Fsp3) is 0.500. The lowest BCUT2D eigenvalue weighted by molar-refractivity contribution is 0.0980. The minimum absolute atomic E-state index is 0.00282. The van der Waals surface area contributed by atoms with E-state index in [1.165, 1.54) is 0 Å². The van der Waals surface area contributed by atoms with Gasteiger partial charge < -0.3 is 15.2 Å². The minimum Gasteiger partial charge on any atom is -0.493 e. The van der Waals surface area contributed by atoms with E-state index in [2.05, 4.69) is 0 Å². The average Bonchev–Trinajstić information content (AvgIpc) is 2.36. The van der Waals surface area contributed by atoms with Crippen LogP contribution in [0, 0.1) is 0 Å². The van der Waals surface area contributed by atoms with Gasteiger partial charge in [0.1, 0.15) is 0 Å². The summed E-state index contributed by atoms with van der Waals surface area (Å²) in [7, 11) is 3.10. The van der Waals surface area contributed by atoms with Crippen molar-refractivity contribution in [3.05, 3.63) is 23.3 Å². The molecule has 0 aliphatic rings. The van der Waals surface area contributed by atoms with Crippen LogP contribution in [0.4, 0.5) is 0 Å². The van der Waals surface area contributed by atoms with Crippen molar-refractivity contribution in [2.75, 3.05) is 20.8 Å². The number of hydrogen-bond acceptors (Lipinski definition) is 4.